The second-order valence-corrected chi connectivity index (χ2v) is 5.19. The maximum Gasteiger partial charge on any atom is 0.316 e. The first-order valence-corrected chi connectivity index (χ1v) is 6.98. The number of halogens is 1. The molecule has 8 heteroatoms. The first-order valence-electron chi connectivity index (χ1n) is 6.60. The van der Waals surface area contributed by atoms with Crippen molar-refractivity contribution in [1.29, 1.82) is 0 Å². The number of amides is 1. The highest BCUT2D eigenvalue weighted by atomic mass is 35.5. The molecule has 1 saturated heterocycles. The summed E-state index contributed by atoms with van der Waals surface area (Å²) >= 11 is 5.72. The summed E-state index contributed by atoms with van der Waals surface area (Å²) in [4.78, 5) is 21.9. The van der Waals surface area contributed by atoms with Crippen molar-refractivity contribution in [2.75, 3.05) is 13.1 Å². The molecule has 1 atom stereocenters. The Bertz CT molecular complexity index is 602. The Balaban J connectivity index is 1.53. The first-order chi connectivity index (χ1) is 10.2. The van der Waals surface area contributed by atoms with Gasteiger partial charge in [-0.2, -0.15) is 5.10 Å². The zero-order valence-electron chi connectivity index (χ0n) is 11.2. The van der Waals surface area contributed by atoms with Gasteiger partial charge in [0, 0.05) is 25.4 Å². The number of likely N-dealkylation sites (tertiary alicyclic amines) is 1. The fourth-order valence-corrected chi connectivity index (χ4v) is 2.29. The van der Waals surface area contributed by atoms with E-state index in [9.17, 15) is 4.79 Å². The van der Waals surface area contributed by atoms with Crippen LogP contribution in [0.2, 0.25) is 5.02 Å². The number of carbonyl (C=O) groups excluding carboxylic acids is 1. The third-order valence-corrected chi connectivity index (χ3v) is 3.42. The van der Waals surface area contributed by atoms with E-state index in [4.69, 9.17) is 16.3 Å². The number of rotatable bonds is 4. The fraction of sp³-hybridized carbons (Fsp3) is 0.385. The van der Waals surface area contributed by atoms with Crippen molar-refractivity contribution in [1.82, 2.24) is 24.6 Å². The molecule has 0 N–H and O–H groups in total. The van der Waals surface area contributed by atoms with Crippen LogP contribution in [-0.2, 0) is 11.3 Å². The summed E-state index contributed by atoms with van der Waals surface area (Å²) in [5.74, 6) is 0.0295. The third kappa shape index (κ3) is 3.49. The topological polar surface area (TPSA) is 73.1 Å². The number of hydrogen-bond acceptors (Lipinski definition) is 5. The lowest BCUT2D eigenvalue weighted by molar-refractivity contribution is -0.131. The van der Waals surface area contributed by atoms with Crippen LogP contribution in [0.3, 0.4) is 0 Å². The van der Waals surface area contributed by atoms with Crippen molar-refractivity contribution >= 4 is 17.5 Å². The molecular formula is C13H14ClN5O2. The smallest absolute Gasteiger partial charge is 0.316 e. The lowest BCUT2D eigenvalue weighted by Gasteiger charge is -2.16. The van der Waals surface area contributed by atoms with Crippen LogP contribution >= 0.6 is 11.6 Å². The van der Waals surface area contributed by atoms with Gasteiger partial charge in [-0.15, -0.1) is 0 Å². The highest BCUT2D eigenvalue weighted by molar-refractivity contribution is 6.30. The summed E-state index contributed by atoms with van der Waals surface area (Å²) in [5.41, 5.74) is 0. The van der Waals surface area contributed by atoms with Gasteiger partial charge in [0.25, 0.3) is 0 Å². The minimum atomic E-state index is -0.0900. The summed E-state index contributed by atoms with van der Waals surface area (Å²) in [6, 6.07) is 2.08. The lowest BCUT2D eigenvalue weighted by atomic mass is 10.3. The summed E-state index contributed by atoms with van der Waals surface area (Å²) in [6.07, 6.45) is 7.06. The average Bonchev–Trinajstić information content (AvgIpc) is 3.13. The molecule has 0 radical (unpaired) electrons. The number of nitrogens with zero attached hydrogens (tertiary/aromatic N) is 5. The van der Waals surface area contributed by atoms with Crippen molar-refractivity contribution < 1.29 is 9.53 Å². The molecule has 0 bridgehead atoms. The highest BCUT2D eigenvalue weighted by Gasteiger charge is 2.28. The van der Waals surface area contributed by atoms with Gasteiger partial charge >= 0.3 is 6.01 Å². The van der Waals surface area contributed by atoms with Crippen LogP contribution in [-0.4, -0.2) is 49.7 Å². The molecule has 21 heavy (non-hydrogen) atoms. The molecule has 0 unspecified atom stereocenters. The quantitative estimate of drug-likeness (QED) is 0.843. The molecule has 0 saturated carbocycles. The van der Waals surface area contributed by atoms with Gasteiger partial charge < -0.3 is 9.64 Å². The molecule has 3 rings (SSSR count). The van der Waals surface area contributed by atoms with Crippen LogP contribution in [0.25, 0.3) is 0 Å². The molecule has 2 aromatic rings. The van der Waals surface area contributed by atoms with E-state index in [0.717, 1.165) is 6.42 Å². The van der Waals surface area contributed by atoms with Gasteiger partial charge in [-0.1, -0.05) is 11.6 Å². The van der Waals surface area contributed by atoms with Gasteiger partial charge in [-0.25, -0.2) is 9.97 Å². The molecule has 1 amide bonds. The Morgan fingerprint density at radius 1 is 1.43 bits per heavy atom. The maximum absolute atomic E-state index is 12.1. The highest BCUT2D eigenvalue weighted by Crippen LogP contribution is 2.16. The van der Waals surface area contributed by atoms with E-state index in [-0.39, 0.29) is 24.6 Å². The van der Waals surface area contributed by atoms with Gasteiger partial charge in [0.05, 0.1) is 24.0 Å². The SMILES string of the molecule is O=C(Cn1cccn1)N1CC[C@@H](Oc2ncc(Cl)cn2)C1. The molecule has 1 aliphatic heterocycles. The van der Waals surface area contributed by atoms with Crippen molar-refractivity contribution in [3.05, 3.63) is 35.9 Å². The Morgan fingerprint density at radius 3 is 2.95 bits per heavy atom. The molecule has 0 aromatic carbocycles. The Morgan fingerprint density at radius 2 is 2.24 bits per heavy atom. The average molecular weight is 308 g/mol. The Hall–Kier alpha value is -2.15. The molecule has 0 aliphatic carbocycles. The van der Waals surface area contributed by atoms with E-state index in [1.54, 1.807) is 28.0 Å². The van der Waals surface area contributed by atoms with Gasteiger partial charge in [0.2, 0.25) is 5.91 Å². The number of ether oxygens (including phenoxy) is 1. The number of aromatic nitrogens is 4. The van der Waals surface area contributed by atoms with Crippen LogP contribution in [0.4, 0.5) is 0 Å². The molecule has 3 heterocycles. The second-order valence-electron chi connectivity index (χ2n) is 4.76. The third-order valence-electron chi connectivity index (χ3n) is 3.22. The summed E-state index contributed by atoms with van der Waals surface area (Å²) < 4.78 is 7.26. The summed E-state index contributed by atoms with van der Waals surface area (Å²) in [7, 11) is 0. The number of hydrogen-bond donors (Lipinski definition) is 0. The van der Waals surface area contributed by atoms with Gasteiger partial charge in [0.1, 0.15) is 12.6 Å². The first kappa shape index (κ1) is 13.8. The molecule has 0 spiro atoms. The van der Waals surface area contributed by atoms with E-state index < -0.39 is 0 Å². The summed E-state index contributed by atoms with van der Waals surface area (Å²) in [5, 5.41) is 4.49. The Labute approximate surface area is 126 Å². The second kappa shape index (κ2) is 6.09. The molecule has 1 aliphatic rings. The van der Waals surface area contributed by atoms with Crippen LogP contribution < -0.4 is 4.74 Å². The van der Waals surface area contributed by atoms with E-state index in [2.05, 4.69) is 15.1 Å². The fourth-order valence-electron chi connectivity index (χ4n) is 2.19. The standard InChI is InChI=1S/C13H14ClN5O2/c14-10-6-15-13(16-7-10)21-11-2-5-18(8-11)12(20)9-19-4-1-3-17-19/h1,3-4,6-7,11H,2,5,8-9H2/t11-/m1/s1. The van der Waals surface area contributed by atoms with Crippen LogP contribution in [0.15, 0.2) is 30.9 Å². The predicted octanol–water partition coefficient (Wildman–Crippen LogP) is 1.01. The normalized spacial score (nSPS) is 18.0. The lowest BCUT2D eigenvalue weighted by Crippen LogP contribution is -2.33. The molecule has 2 aromatic heterocycles. The van der Waals surface area contributed by atoms with E-state index >= 15 is 0 Å². The van der Waals surface area contributed by atoms with Crippen molar-refractivity contribution in [2.45, 2.75) is 19.1 Å². The molecular weight excluding hydrogens is 294 g/mol. The maximum atomic E-state index is 12.1. The van der Waals surface area contributed by atoms with Crippen molar-refractivity contribution in [3.63, 3.8) is 0 Å². The van der Waals surface area contributed by atoms with Gasteiger partial charge in [-0.3, -0.25) is 9.48 Å². The van der Waals surface area contributed by atoms with Gasteiger partial charge in [-0.05, 0) is 6.07 Å². The molecule has 7 nitrogen and oxygen atoms in total. The minimum Gasteiger partial charge on any atom is -0.458 e. The van der Waals surface area contributed by atoms with E-state index in [0.29, 0.717) is 18.1 Å². The van der Waals surface area contributed by atoms with E-state index in [1.807, 2.05) is 0 Å². The van der Waals surface area contributed by atoms with Crippen LogP contribution in [0.5, 0.6) is 6.01 Å². The molecule has 110 valence electrons. The van der Waals surface area contributed by atoms with Crippen molar-refractivity contribution in [2.24, 2.45) is 0 Å². The minimum absolute atomic E-state index is 0.0295. The predicted molar refractivity (Wildman–Crippen MR) is 74.9 cm³/mol. The van der Waals surface area contributed by atoms with Crippen LogP contribution in [0.1, 0.15) is 6.42 Å². The van der Waals surface area contributed by atoms with Crippen LogP contribution in [0, 0.1) is 0 Å². The monoisotopic (exact) mass is 307 g/mol. The summed E-state index contributed by atoms with van der Waals surface area (Å²) in [6.45, 7) is 1.45. The zero-order chi connectivity index (χ0) is 14.7. The zero-order valence-corrected chi connectivity index (χ0v) is 12.0. The molecule has 1 fully saturated rings. The Kier molecular flexibility index (Phi) is 4.01. The van der Waals surface area contributed by atoms with E-state index in [1.165, 1.54) is 12.4 Å². The van der Waals surface area contributed by atoms with Gasteiger partial charge in [0.15, 0.2) is 0 Å². The largest absolute Gasteiger partial charge is 0.458 e. The number of carbonyl (C=O) groups is 1. The van der Waals surface area contributed by atoms with Crippen molar-refractivity contribution in [3.8, 4) is 6.01 Å².